The van der Waals surface area contributed by atoms with E-state index in [0.29, 0.717) is 0 Å². The maximum absolute atomic E-state index is 4.46. The fourth-order valence-electron chi connectivity index (χ4n) is 4.72. The fraction of sp³-hybridized carbons (Fsp3) is 0.630. The molecule has 0 N–H and O–H groups in total. The molecule has 2 aromatic rings. The summed E-state index contributed by atoms with van der Waals surface area (Å²) < 4.78 is 0. The summed E-state index contributed by atoms with van der Waals surface area (Å²) in [5.41, 5.74) is 4.74. The lowest BCUT2D eigenvalue weighted by atomic mass is 9.78. The Kier molecular flexibility index (Phi) is 9.18. The molecule has 1 aromatic carbocycles. The lowest BCUT2D eigenvalue weighted by molar-refractivity contribution is 0.250. The highest BCUT2D eigenvalue weighted by molar-refractivity contribution is 5.58. The van der Waals surface area contributed by atoms with E-state index in [0.717, 1.165) is 29.6 Å². The van der Waals surface area contributed by atoms with E-state index in [1.54, 1.807) is 0 Å². The molecule has 0 amide bonds. The zero-order valence-electron chi connectivity index (χ0n) is 18.7. The normalized spacial score (nSPS) is 19.4. The highest BCUT2D eigenvalue weighted by Crippen LogP contribution is 2.34. The quantitative estimate of drug-likeness (QED) is 0.364. The topological polar surface area (TPSA) is 25.8 Å². The molecule has 1 aromatic heterocycles. The van der Waals surface area contributed by atoms with Crippen LogP contribution in [0, 0.1) is 11.8 Å². The van der Waals surface area contributed by atoms with Crippen LogP contribution in [0.2, 0.25) is 0 Å². The fourth-order valence-corrected chi connectivity index (χ4v) is 4.72. The van der Waals surface area contributed by atoms with Crippen LogP contribution >= 0.6 is 0 Å². The van der Waals surface area contributed by atoms with Crippen LogP contribution in [0.1, 0.15) is 95.7 Å². The van der Waals surface area contributed by atoms with E-state index in [2.05, 4.69) is 60.4 Å². The molecule has 0 atom stereocenters. The average molecular weight is 393 g/mol. The van der Waals surface area contributed by atoms with Crippen LogP contribution in [0.4, 0.5) is 0 Å². The van der Waals surface area contributed by atoms with Crippen molar-refractivity contribution >= 4 is 0 Å². The van der Waals surface area contributed by atoms with E-state index in [1.807, 2.05) is 0 Å². The van der Waals surface area contributed by atoms with Gasteiger partial charge in [0.15, 0.2) is 0 Å². The number of aryl methyl sites for hydroxylation is 2. The van der Waals surface area contributed by atoms with Gasteiger partial charge in [-0.15, -0.1) is 0 Å². The summed E-state index contributed by atoms with van der Waals surface area (Å²) in [4.78, 5) is 0. The molecule has 0 radical (unpaired) electrons. The van der Waals surface area contributed by atoms with Crippen molar-refractivity contribution in [3.05, 3.63) is 47.7 Å². The molecule has 2 heteroatoms. The minimum atomic E-state index is 0.943. The van der Waals surface area contributed by atoms with Gasteiger partial charge in [0, 0.05) is 5.56 Å². The summed E-state index contributed by atoms with van der Waals surface area (Å²) in [6, 6.07) is 13.3. The van der Waals surface area contributed by atoms with E-state index >= 15 is 0 Å². The van der Waals surface area contributed by atoms with Gasteiger partial charge in [-0.25, -0.2) is 0 Å². The number of hydrogen-bond acceptors (Lipinski definition) is 2. The summed E-state index contributed by atoms with van der Waals surface area (Å²) >= 11 is 0. The van der Waals surface area contributed by atoms with Crippen LogP contribution in [-0.4, -0.2) is 10.2 Å². The summed E-state index contributed by atoms with van der Waals surface area (Å²) in [7, 11) is 0. The Morgan fingerprint density at radius 2 is 1.38 bits per heavy atom. The first kappa shape index (κ1) is 22.0. The Morgan fingerprint density at radius 1 is 0.690 bits per heavy atom. The summed E-state index contributed by atoms with van der Waals surface area (Å²) in [5.74, 6) is 1.96. The molecule has 1 fully saturated rings. The molecule has 1 aliphatic carbocycles. The summed E-state index contributed by atoms with van der Waals surface area (Å²) in [5, 5.41) is 8.88. The van der Waals surface area contributed by atoms with Crippen LogP contribution in [0.15, 0.2) is 36.4 Å². The van der Waals surface area contributed by atoms with Gasteiger partial charge in [-0.3, -0.25) is 0 Å². The number of nitrogens with zero attached hydrogens (tertiary/aromatic N) is 2. The largest absolute Gasteiger partial charge is 0.155 e. The molecule has 0 unspecified atom stereocenters. The Hall–Kier alpha value is -1.70. The van der Waals surface area contributed by atoms with Crippen molar-refractivity contribution < 1.29 is 0 Å². The first-order valence-corrected chi connectivity index (χ1v) is 12.2. The van der Waals surface area contributed by atoms with Gasteiger partial charge in [0.1, 0.15) is 0 Å². The third-order valence-electron chi connectivity index (χ3n) is 6.78. The molecule has 1 aliphatic rings. The van der Waals surface area contributed by atoms with Gasteiger partial charge >= 0.3 is 0 Å². The van der Waals surface area contributed by atoms with Crippen molar-refractivity contribution in [3.8, 4) is 11.3 Å². The number of benzene rings is 1. The molecule has 0 saturated heterocycles. The maximum Gasteiger partial charge on any atom is 0.0929 e. The molecule has 0 spiro atoms. The number of hydrogen-bond donors (Lipinski definition) is 0. The number of unbranched alkanes of at least 4 members (excludes halogenated alkanes) is 3. The van der Waals surface area contributed by atoms with Crippen molar-refractivity contribution in [2.75, 3.05) is 0 Å². The molecule has 0 aliphatic heterocycles. The van der Waals surface area contributed by atoms with Gasteiger partial charge in [0.2, 0.25) is 0 Å². The van der Waals surface area contributed by atoms with E-state index < -0.39 is 0 Å². The van der Waals surface area contributed by atoms with Crippen molar-refractivity contribution in [2.45, 2.75) is 97.3 Å². The van der Waals surface area contributed by atoms with Crippen LogP contribution in [0.3, 0.4) is 0 Å². The molecule has 158 valence electrons. The third-order valence-corrected chi connectivity index (χ3v) is 6.78. The molecular formula is C27H40N2. The second-order valence-corrected chi connectivity index (χ2v) is 9.13. The Bertz CT molecular complexity index is 681. The zero-order chi connectivity index (χ0) is 20.3. The third kappa shape index (κ3) is 7.24. The van der Waals surface area contributed by atoms with Crippen molar-refractivity contribution in [2.24, 2.45) is 11.8 Å². The molecule has 1 saturated carbocycles. The Labute approximate surface area is 178 Å². The lowest BCUT2D eigenvalue weighted by Crippen LogP contribution is -2.15. The van der Waals surface area contributed by atoms with Gasteiger partial charge in [-0.1, -0.05) is 95.9 Å². The molecular weight excluding hydrogens is 352 g/mol. The number of aromatic nitrogens is 2. The summed E-state index contributed by atoms with van der Waals surface area (Å²) in [6.07, 6.45) is 17.4. The smallest absolute Gasteiger partial charge is 0.0929 e. The van der Waals surface area contributed by atoms with Gasteiger partial charge in [-0.2, -0.15) is 10.2 Å². The van der Waals surface area contributed by atoms with Crippen LogP contribution in [0.25, 0.3) is 11.3 Å². The predicted molar refractivity (Wildman–Crippen MR) is 124 cm³/mol. The minimum Gasteiger partial charge on any atom is -0.155 e. The molecule has 1 heterocycles. The maximum atomic E-state index is 4.46. The van der Waals surface area contributed by atoms with Crippen molar-refractivity contribution in [1.29, 1.82) is 0 Å². The monoisotopic (exact) mass is 392 g/mol. The number of rotatable bonds is 11. The van der Waals surface area contributed by atoms with Gasteiger partial charge in [0.05, 0.1) is 11.4 Å². The highest BCUT2D eigenvalue weighted by Gasteiger charge is 2.20. The van der Waals surface area contributed by atoms with E-state index in [4.69, 9.17) is 0 Å². The molecule has 3 rings (SSSR count). The van der Waals surface area contributed by atoms with Crippen molar-refractivity contribution in [1.82, 2.24) is 10.2 Å². The van der Waals surface area contributed by atoms with Crippen LogP contribution < -0.4 is 0 Å². The Balaban J connectivity index is 1.43. The van der Waals surface area contributed by atoms with E-state index in [9.17, 15) is 0 Å². The van der Waals surface area contributed by atoms with Gasteiger partial charge in [0.25, 0.3) is 0 Å². The SMILES string of the molecule is CCCCCc1ccc(-c2ccc(CCC3CCC(CCCC)CC3)cc2)nn1. The van der Waals surface area contributed by atoms with Crippen molar-refractivity contribution in [3.63, 3.8) is 0 Å². The standard InChI is InChI=1S/C27H40N2/c1-3-5-7-9-26-20-21-27(29-28-26)25-18-16-24(17-19-25)15-14-23-12-10-22(11-13-23)8-6-4-2/h16-23H,3-15H2,1-2H3. The zero-order valence-corrected chi connectivity index (χ0v) is 18.7. The molecule has 2 nitrogen and oxygen atoms in total. The lowest BCUT2D eigenvalue weighted by Gasteiger charge is -2.28. The summed E-state index contributed by atoms with van der Waals surface area (Å²) in [6.45, 7) is 4.55. The Morgan fingerprint density at radius 3 is 2.00 bits per heavy atom. The van der Waals surface area contributed by atoms with Gasteiger partial charge < -0.3 is 0 Å². The predicted octanol–water partition coefficient (Wildman–Crippen LogP) is 7.81. The highest BCUT2D eigenvalue weighted by atomic mass is 15.1. The average Bonchev–Trinajstić information content (AvgIpc) is 2.78. The second-order valence-electron chi connectivity index (χ2n) is 9.13. The van der Waals surface area contributed by atoms with Crippen LogP contribution in [0.5, 0.6) is 0 Å². The van der Waals surface area contributed by atoms with E-state index in [-0.39, 0.29) is 0 Å². The minimum absolute atomic E-state index is 0.943. The van der Waals surface area contributed by atoms with Crippen LogP contribution in [-0.2, 0) is 12.8 Å². The molecule has 0 bridgehead atoms. The second kappa shape index (κ2) is 12.1. The van der Waals surface area contributed by atoms with Gasteiger partial charge in [-0.05, 0) is 55.2 Å². The first-order chi connectivity index (χ1) is 14.3. The molecule has 29 heavy (non-hydrogen) atoms. The van der Waals surface area contributed by atoms with E-state index in [1.165, 1.54) is 88.2 Å². The first-order valence-electron chi connectivity index (χ1n) is 12.2.